The molecule has 208 valence electrons. The number of fused-ring (bicyclic) bond motifs is 1. The maximum atomic E-state index is 16.2. The van der Waals surface area contributed by atoms with Gasteiger partial charge in [-0.05, 0) is 63.7 Å². The third kappa shape index (κ3) is 5.09. The highest BCUT2D eigenvalue weighted by Crippen LogP contribution is 2.38. The summed E-state index contributed by atoms with van der Waals surface area (Å²) in [7, 11) is 2.58. The molecule has 0 aliphatic carbocycles. The van der Waals surface area contributed by atoms with Crippen molar-refractivity contribution in [2.45, 2.75) is 70.6 Å². The number of rotatable bonds is 6. The second kappa shape index (κ2) is 10.1. The zero-order chi connectivity index (χ0) is 28.1. The maximum absolute atomic E-state index is 16.2. The topological polar surface area (TPSA) is 92.7 Å². The lowest BCUT2D eigenvalue weighted by Crippen LogP contribution is -2.41. The number of nitrogens with one attached hydrogen (secondary N) is 1. The second-order valence-corrected chi connectivity index (χ2v) is 11.8. The van der Waals surface area contributed by atoms with Crippen molar-refractivity contribution in [1.82, 2.24) is 24.6 Å². The molecule has 2 aliphatic heterocycles. The van der Waals surface area contributed by atoms with E-state index in [4.69, 9.17) is 9.31 Å². The van der Waals surface area contributed by atoms with Gasteiger partial charge in [0.1, 0.15) is 5.69 Å². The van der Waals surface area contributed by atoms with Crippen molar-refractivity contribution in [2.75, 3.05) is 27.2 Å². The second-order valence-electron chi connectivity index (χ2n) is 11.8. The van der Waals surface area contributed by atoms with E-state index in [2.05, 4.69) is 10.1 Å². The molecule has 2 aromatic heterocycles. The molecule has 2 fully saturated rings. The molecule has 2 saturated heterocycles. The first kappa shape index (κ1) is 27.4. The van der Waals surface area contributed by atoms with Gasteiger partial charge in [-0.2, -0.15) is 5.10 Å². The number of nitrogens with zero attached hydrogens (tertiary/aromatic N) is 4. The van der Waals surface area contributed by atoms with Gasteiger partial charge in [0.15, 0.2) is 5.82 Å². The molecule has 4 heterocycles. The number of H-pyrrole nitrogens is 1. The molecule has 0 unspecified atom stereocenters. The Morgan fingerprint density at radius 3 is 2.56 bits per heavy atom. The van der Waals surface area contributed by atoms with Gasteiger partial charge in [-0.3, -0.25) is 14.3 Å². The molecule has 1 N–H and O–H groups in total. The van der Waals surface area contributed by atoms with E-state index in [1.165, 1.54) is 4.90 Å². The fraction of sp³-hybridized carbons (Fsp3) is 0.536. The van der Waals surface area contributed by atoms with E-state index in [9.17, 15) is 9.59 Å². The Labute approximate surface area is 228 Å². The Morgan fingerprint density at radius 2 is 1.92 bits per heavy atom. The van der Waals surface area contributed by atoms with Gasteiger partial charge in [0.05, 0.1) is 16.7 Å². The van der Waals surface area contributed by atoms with Crippen LogP contribution in [0.25, 0.3) is 10.9 Å². The summed E-state index contributed by atoms with van der Waals surface area (Å²) in [4.78, 5) is 32.1. The van der Waals surface area contributed by atoms with E-state index in [-0.39, 0.29) is 23.2 Å². The van der Waals surface area contributed by atoms with E-state index in [1.807, 2.05) is 50.9 Å². The summed E-state index contributed by atoms with van der Waals surface area (Å²) in [6.45, 7) is 9.47. The van der Waals surface area contributed by atoms with Gasteiger partial charge >= 0.3 is 7.12 Å². The summed E-state index contributed by atoms with van der Waals surface area (Å²) in [5.41, 5.74) is 0.561. The van der Waals surface area contributed by atoms with Gasteiger partial charge in [0.25, 0.3) is 5.91 Å². The van der Waals surface area contributed by atoms with Crippen molar-refractivity contribution < 1.29 is 23.3 Å². The Hall–Kier alpha value is -3.18. The van der Waals surface area contributed by atoms with E-state index in [0.717, 1.165) is 12.8 Å². The van der Waals surface area contributed by atoms with Gasteiger partial charge in [0, 0.05) is 63.8 Å². The predicted molar refractivity (Wildman–Crippen MR) is 147 cm³/mol. The van der Waals surface area contributed by atoms with Crippen LogP contribution in [-0.2, 0) is 20.6 Å². The minimum absolute atomic E-state index is 0.0293. The Bertz CT molecular complexity index is 1370. The molecule has 1 aromatic carbocycles. The summed E-state index contributed by atoms with van der Waals surface area (Å²) in [6, 6.07) is 5.33. The van der Waals surface area contributed by atoms with Crippen molar-refractivity contribution in [3.8, 4) is 0 Å². The highest BCUT2D eigenvalue weighted by molar-refractivity contribution is 6.65. The number of aromatic nitrogens is 3. The number of aryl methyl sites for hydroxylation is 1. The number of carbonyl (C=O) groups is 2. The normalized spacial score (nSPS) is 20.5. The lowest BCUT2D eigenvalue weighted by molar-refractivity contribution is -0.132. The first-order valence-corrected chi connectivity index (χ1v) is 13.6. The van der Waals surface area contributed by atoms with Crippen molar-refractivity contribution in [1.29, 1.82) is 0 Å². The van der Waals surface area contributed by atoms with Gasteiger partial charge in [-0.25, -0.2) is 4.39 Å². The summed E-state index contributed by atoms with van der Waals surface area (Å²) in [5, 5.41) is 4.73. The van der Waals surface area contributed by atoms with Gasteiger partial charge < -0.3 is 24.1 Å². The number of likely N-dealkylation sites (tertiary alicyclic amines) is 1. The lowest BCUT2D eigenvalue weighted by Gasteiger charge is -2.33. The van der Waals surface area contributed by atoms with Crippen LogP contribution in [0, 0.1) is 5.82 Å². The van der Waals surface area contributed by atoms with Crippen LogP contribution >= 0.6 is 0 Å². The molecule has 3 aromatic rings. The van der Waals surface area contributed by atoms with Gasteiger partial charge in [0.2, 0.25) is 5.91 Å². The highest BCUT2D eigenvalue weighted by atomic mass is 19.1. The van der Waals surface area contributed by atoms with E-state index in [1.54, 1.807) is 31.0 Å². The maximum Gasteiger partial charge on any atom is 0.495 e. The molecule has 11 heteroatoms. The third-order valence-electron chi connectivity index (χ3n) is 8.38. The molecular formula is C28H37BFN5O4. The van der Waals surface area contributed by atoms with Crippen LogP contribution in [-0.4, -0.2) is 81.9 Å². The van der Waals surface area contributed by atoms with Crippen LogP contribution in [0.1, 0.15) is 68.9 Å². The zero-order valence-electron chi connectivity index (χ0n) is 23.6. The number of benzene rings is 1. The number of halogens is 1. The van der Waals surface area contributed by atoms with Crippen molar-refractivity contribution in [2.24, 2.45) is 0 Å². The van der Waals surface area contributed by atoms with E-state index in [0.29, 0.717) is 48.2 Å². The number of piperidine rings is 1. The van der Waals surface area contributed by atoms with E-state index >= 15 is 4.39 Å². The van der Waals surface area contributed by atoms with Gasteiger partial charge in [-0.1, -0.05) is 6.07 Å². The molecule has 5 rings (SSSR count). The molecule has 2 amide bonds. The average molecular weight is 537 g/mol. The third-order valence-corrected chi connectivity index (χ3v) is 8.38. The average Bonchev–Trinajstić information content (AvgIpc) is 3.61. The summed E-state index contributed by atoms with van der Waals surface area (Å²) < 4.78 is 30.7. The van der Waals surface area contributed by atoms with E-state index < -0.39 is 24.1 Å². The smallest absolute Gasteiger partial charge is 0.399 e. The molecule has 39 heavy (non-hydrogen) atoms. The Balaban J connectivity index is 1.50. The van der Waals surface area contributed by atoms with Crippen LogP contribution in [0.5, 0.6) is 0 Å². The lowest BCUT2D eigenvalue weighted by atomic mass is 9.74. The molecule has 0 saturated carbocycles. The van der Waals surface area contributed by atoms with Crippen molar-refractivity contribution in [3.63, 3.8) is 0 Å². The monoisotopic (exact) mass is 537 g/mol. The van der Waals surface area contributed by atoms with Crippen molar-refractivity contribution >= 4 is 35.3 Å². The summed E-state index contributed by atoms with van der Waals surface area (Å²) in [6.07, 6.45) is 5.38. The molecule has 0 radical (unpaired) electrons. The van der Waals surface area contributed by atoms with Crippen molar-refractivity contribution in [3.05, 3.63) is 47.7 Å². The number of hydrogen-bond donors (Lipinski definition) is 1. The first-order valence-electron chi connectivity index (χ1n) is 13.6. The van der Waals surface area contributed by atoms with Crippen LogP contribution in [0.3, 0.4) is 0 Å². The first-order chi connectivity index (χ1) is 18.4. The minimum Gasteiger partial charge on any atom is -0.399 e. The number of hydrogen-bond acceptors (Lipinski definition) is 5. The highest BCUT2D eigenvalue weighted by Gasteiger charge is 2.52. The van der Waals surface area contributed by atoms with Crippen LogP contribution < -0.4 is 5.46 Å². The molecule has 2 aliphatic rings. The molecule has 1 atom stereocenters. The van der Waals surface area contributed by atoms with Crippen LogP contribution in [0.15, 0.2) is 30.6 Å². The fourth-order valence-corrected chi connectivity index (χ4v) is 5.39. The predicted octanol–water partition coefficient (Wildman–Crippen LogP) is 3.30. The number of aromatic amines is 1. The quantitative estimate of drug-likeness (QED) is 0.488. The number of amides is 2. The molecule has 0 spiro atoms. The Morgan fingerprint density at radius 1 is 1.21 bits per heavy atom. The molecular weight excluding hydrogens is 500 g/mol. The minimum atomic E-state index is -0.731. The Kier molecular flexibility index (Phi) is 7.09. The largest absolute Gasteiger partial charge is 0.495 e. The zero-order valence-corrected chi connectivity index (χ0v) is 23.6. The van der Waals surface area contributed by atoms with Crippen LogP contribution in [0.2, 0.25) is 0 Å². The molecule has 9 nitrogen and oxygen atoms in total. The van der Waals surface area contributed by atoms with Crippen LogP contribution in [0.4, 0.5) is 4.39 Å². The summed E-state index contributed by atoms with van der Waals surface area (Å²) >= 11 is 0. The standard InChI is InChI=1S/C28H37BFN5O4/c1-27(2)28(3,4)39-29(38-27)21-15-19(24(30)25-20(21)16-22(32-25)26(37)33(5)6)18-9-7-12-34(17-18)23(36)10-14-35-13-8-11-31-35/h8,11,13,15-16,18,32H,7,9-10,12,14,17H2,1-6H3/t18-/m1/s1. The summed E-state index contributed by atoms with van der Waals surface area (Å²) in [5.74, 6) is -0.826. The number of carbonyl (C=O) groups excluding carboxylic acids is 2. The molecule has 0 bridgehead atoms. The fourth-order valence-electron chi connectivity index (χ4n) is 5.39. The van der Waals surface area contributed by atoms with Gasteiger partial charge in [-0.15, -0.1) is 0 Å². The SMILES string of the molecule is CN(C)C(=O)c1cc2c(B3OC(C)(C)C(C)(C)O3)cc([C@@H]3CCCN(C(=O)CCn4cccn4)C3)c(F)c2[nH]1.